The van der Waals surface area contributed by atoms with Crippen LogP contribution in [0, 0.1) is 12.3 Å². The number of rotatable bonds is 3. The molecule has 74 valence electrons. The van der Waals surface area contributed by atoms with E-state index in [9.17, 15) is 14.4 Å². The molecule has 5 nitrogen and oxygen atoms in total. The van der Waals surface area contributed by atoms with E-state index in [1.807, 2.05) is 0 Å². The SMILES string of the molecule is C#CCCCN1C(=O)C(=O)N(C)C1=O. The lowest BCUT2D eigenvalue weighted by Crippen LogP contribution is -2.32. The molecular weight excluding hydrogens is 184 g/mol. The van der Waals surface area contributed by atoms with E-state index in [4.69, 9.17) is 6.42 Å². The van der Waals surface area contributed by atoms with Gasteiger partial charge in [-0.15, -0.1) is 12.3 Å². The van der Waals surface area contributed by atoms with E-state index in [0.717, 1.165) is 9.80 Å². The normalized spacial score (nSPS) is 16.4. The van der Waals surface area contributed by atoms with Crippen LogP contribution in [0.2, 0.25) is 0 Å². The van der Waals surface area contributed by atoms with Crippen molar-refractivity contribution >= 4 is 17.8 Å². The quantitative estimate of drug-likeness (QED) is 0.271. The number of carbonyl (C=O) groups is 3. The Hall–Kier alpha value is -1.83. The van der Waals surface area contributed by atoms with Gasteiger partial charge in [-0.2, -0.15) is 0 Å². The lowest BCUT2D eigenvalue weighted by molar-refractivity contribution is -0.142. The summed E-state index contributed by atoms with van der Waals surface area (Å²) in [4.78, 5) is 35.2. The minimum absolute atomic E-state index is 0.206. The molecule has 0 saturated carbocycles. The van der Waals surface area contributed by atoms with E-state index < -0.39 is 17.8 Å². The molecule has 1 fully saturated rings. The molecule has 0 aliphatic carbocycles. The van der Waals surface area contributed by atoms with Gasteiger partial charge in [-0.25, -0.2) is 4.79 Å². The molecule has 0 bridgehead atoms. The third kappa shape index (κ3) is 1.59. The largest absolute Gasteiger partial charge is 0.333 e. The van der Waals surface area contributed by atoms with Crippen LogP contribution in [0.25, 0.3) is 0 Å². The molecule has 0 radical (unpaired) electrons. The number of nitrogens with zero attached hydrogens (tertiary/aromatic N) is 2. The molecule has 0 aromatic heterocycles. The van der Waals surface area contributed by atoms with Crippen molar-refractivity contribution in [2.24, 2.45) is 0 Å². The van der Waals surface area contributed by atoms with Crippen LogP contribution in [0.3, 0.4) is 0 Å². The first kappa shape index (κ1) is 10.3. The van der Waals surface area contributed by atoms with Crippen molar-refractivity contribution in [2.75, 3.05) is 13.6 Å². The average molecular weight is 194 g/mol. The smallest absolute Gasteiger partial charge is 0.263 e. The average Bonchev–Trinajstić information content (AvgIpc) is 2.35. The summed E-state index contributed by atoms with van der Waals surface area (Å²) in [6.07, 6.45) is 6.03. The molecule has 1 saturated heterocycles. The highest BCUT2D eigenvalue weighted by molar-refractivity contribution is 6.44. The Morgan fingerprint density at radius 2 is 1.93 bits per heavy atom. The number of hydrogen-bond donors (Lipinski definition) is 0. The van der Waals surface area contributed by atoms with Crippen LogP contribution in [0.1, 0.15) is 12.8 Å². The maximum atomic E-state index is 11.3. The minimum atomic E-state index is -0.782. The lowest BCUT2D eigenvalue weighted by atomic mass is 10.3. The summed E-state index contributed by atoms with van der Waals surface area (Å²) in [6, 6.07) is -0.572. The highest BCUT2D eigenvalue weighted by Crippen LogP contribution is 2.10. The molecule has 0 spiro atoms. The maximum absolute atomic E-state index is 11.3. The van der Waals surface area contributed by atoms with E-state index in [1.165, 1.54) is 7.05 Å². The second-order valence-electron chi connectivity index (χ2n) is 2.91. The number of urea groups is 1. The molecule has 14 heavy (non-hydrogen) atoms. The molecule has 1 rings (SSSR count). The summed E-state index contributed by atoms with van der Waals surface area (Å²) in [5.74, 6) is 0.845. The van der Waals surface area contributed by atoms with Crippen molar-refractivity contribution in [3.05, 3.63) is 0 Å². The van der Waals surface area contributed by atoms with E-state index in [2.05, 4.69) is 5.92 Å². The fraction of sp³-hybridized carbons (Fsp3) is 0.444. The van der Waals surface area contributed by atoms with Gasteiger partial charge >= 0.3 is 17.8 Å². The zero-order valence-corrected chi connectivity index (χ0v) is 7.82. The summed E-state index contributed by atoms with van der Waals surface area (Å²) >= 11 is 0. The predicted octanol–water partition coefficient (Wildman–Crippen LogP) is -0.180. The zero-order chi connectivity index (χ0) is 10.7. The highest BCUT2D eigenvalue weighted by Gasteiger charge is 2.41. The van der Waals surface area contributed by atoms with E-state index in [-0.39, 0.29) is 6.54 Å². The fourth-order valence-electron chi connectivity index (χ4n) is 1.15. The van der Waals surface area contributed by atoms with Crippen molar-refractivity contribution in [2.45, 2.75) is 12.8 Å². The van der Waals surface area contributed by atoms with Gasteiger partial charge in [0.15, 0.2) is 0 Å². The maximum Gasteiger partial charge on any atom is 0.333 e. The third-order valence-corrected chi connectivity index (χ3v) is 1.95. The van der Waals surface area contributed by atoms with E-state index >= 15 is 0 Å². The van der Waals surface area contributed by atoms with Gasteiger partial charge in [0.25, 0.3) is 0 Å². The van der Waals surface area contributed by atoms with Crippen LogP contribution in [-0.2, 0) is 9.59 Å². The van der Waals surface area contributed by atoms with Crippen LogP contribution in [0.5, 0.6) is 0 Å². The van der Waals surface area contributed by atoms with Crippen molar-refractivity contribution in [3.63, 3.8) is 0 Å². The Morgan fingerprint density at radius 3 is 2.36 bits per heavy atom. The summed E-state index contributed by atoms with van der Waals surface area (Å²) in [7, 11) is 1.28. The zero-order valence-electron chi connectivity index (χ0n) is 7.82. The first-order valence-electron chi connectivity index (χ1n) is 4.16. The van der Waals surface area contributed by atoms with Gasteiger partial charge < -0.3 is 0 Å². The molecule has 1 heterocycles. The Kier molecular flexibility index (Phi) is 2.87. The standard InChI is InChI=1S/C9H10N2O3/c1-3-4-5-6-11-8(13)7(12)10(2)9(11)14/h1H,4-6H2,2H3. The van der Waals surface area contributed by atoms with Crippen molar-refractivity contribution in [1.82, 2.24) is 9.80 Å². The number of carbonyl (C=O) groups excluding carboxylic acids is 3. The topological polar surface area (TPSA) is 57.7 Å². The molecule has 4 amide bonds. The van der Waals surface area contributed by atoms with Crippen LogP contribution in [0.4, 0.5) is 4.79 Å². The van der Waals surface area contributed by atoms with Crippen LogP contribution < -0.4 is 0 Å². The van der Waals surface area contributed by atoms with Crippen LogP contribution >= 0.6 is 0 Å². The van der Waals surface area contributed by atoms with Gasteiger partial charge in [0.05, 0.1) is 0 Å². The summed E-state index contributed by atoms with van der Waals surface area (Å²) < 4.78 is 0. The van der Waals surface area contributed by atoms with Crippen molar-refractivity contribution in [1.29, 1.82) is 0 Å². The Bertz CT molecular complexity index is 329. The second-order valence-corrected chi connectivity index (χ2v) is 2.91. The molecule has 1 aliphatic rings. The van der Waals surface area contributed by atoms with E-state index in [1.54, 1.807) is 0 Å². The number of likely N-dealkylation sites (N-methyl/N-ethyl adjacent to an activating group) is 1. The monoisotopic (exact) mass is 194 g/mol. The highest BCUT2D eigenvalue weighted by atomic mass is 16.2. The molecular formula is C9H10N2O3. The molecule has 0 atom stereocenters. The molecule has 0 aromatic rings. The first-order chi connectivity index (χ1) is 6.59. The summed E-state index contributed by atoms with van der Waals surface area (Å²) in [5, 5.41) is 0. The van der Waals surface area contributed by atoms with Gasteiger partial charge in [0.1, 0.15) is 0 Å². The number of terminal acetylenes is 1. The number of amides is 4. The molecule has 1 aliphatic heterocycles. The number of imide groups is 2. The van der Waals surface area contributed by atoms with Gasteiger partial charge in [-0.3, -0.25) is 19.4 Å². The van der Waals surface area contributed by atoms with Gasteiger partial charge in [0, 0.05) is 20.0 Å². The minimum Gasteiger partial charge on any atom is -0.263 e. The fourth-order valence-corrected chi connectivity index (χ4v) is 1.15. The van der Waals surface area contributed by atoms with Gasteiger partial charge in [-0.05, 0) is 6.42 Å². The second kappa shape index (κ2) is 3.92. The Labute approximate surface area is 81.7 Å². The number of hydrogen-bond acceptors (Lipinski definition) is 3. The third-order valence-electron chi connectivity index (χ3n) is 1.95. The van der Waals surface area contributed by atoms with E-state index in [0.29, 0.717) is 12.8 Å². The van der Waals surface area contributed by atoms with Gasteiger partial charge in [0.2, 0.25) is 0 Å². The molecule has 0 N–H and O–H groups in total. The predicted molar refractivity (Wildman–Crippen MR) is 47.9 cm³/mol. The van der Waals surface area contributed by atoms with Crippen molar-refractivity contribution in [3.8, 4) is 12.3 Å². The van der Waals surface area contributed by atoms with Gasteiger partial charge in [-0.1, -0.05) is 0 Å². The van der Waals surface area contributed by atoms with Crippen LogP contribution in [-0.4, -0.2) is 41.2 Å². The number of unbranched alkanes of at least 4 members (excludes halogenated alkanes) is 1. The molecule has 0 unspecified atom stereocenters. The van der Waals surface area contributed by atoms with Crippen LogP contribution in [0.15, 0.2) is 0 Å². The summed E-state index contributed by atoms with van der Waals surface area (Å²) in [6.45, 7) is 0.206. The summed E-state index contributed by atoms with van der Waals surface area (Å²) in [5.41, 5.74) is 0. The molecule has 0 aromatic carbocycles. The lowest BCUT2D eigenvalue weighted by Gasteiger charge is -2.10. The Morgan fingerprint density at radius 1 is 1.29 bits per heavy atom. The van der Waals surface area contributed by atoms with Crippen molar-refractivity contribution < 1.29 is 14.4 Å². The Balaban J connectivity index is 2.62. The molecule has 5 heteroatoms. The first-order valence-corrected chi connectivity index (χ1v) is 4.16.